The molecule has 0 aliphatic heterocycles. The first-order valence-corrected chi connectivity index (χ1v) is 5.63. The van der Waals surface area contributed by atoms with Crippen LogP contribution in [0.2, 0.25) is 0 Å². The highest BCUT2D eigenvalue weighted by molar-refractivity contribution is 5.44. The highest BCUT2D eigenvalue weighted by atomic mass is 19.2. The van der Waals surface area contributed by atoms with Crippen molar-refractivity contribution in [2.24, 2.45) is 0 Å². The molecule has 0 fully saturated rings. The van der Waals surface area contributed by atoms with E-state index in [1.807, 2.05) is 30.3 Å². The van der Waals surface area contributed by atoms with E-state index in [4.69, 9.17) is 4.74 Å². The van der Waals surface area contributed by atoms with E-state index >= 15 is 0 Å². The maximum atomic E-state index is 13.3. The Balaban J connectivity index is 1.81. The average Bonchev–Trinajstić information content (AvgIpc) is 2.40. The van der Waals surface area contributed by atoms with Crippen molar-refractivity contribution in [2.45, 2.75) is 0 Å². The van der Waals surface area contributed by atoms with Crippen LogP contribution in [0.25, 0.3) is 0 Å². The molecular formula is C14H13F2NO. The summed E-state index contributed by atoms with van der Waals surface area (Å²) in [5.41, 5.74) is 0.145. The smallest absolute Gasteiger partial charge is 0.181 e. The van der Waals surface area contributed by atoms with Crippen molar-refractivity contribution >= 4 is 5.69 Å². The zero-order chi connectivity index (χ0) is 12.8. The lowest BCUT2D eigenvalue weighted by Crippen LogP contribution is -2.12. The first-order valence-electron chi connectivity index (χ1n) is 5.63. The highest BCUT2D eigenvalue weighted by Gasteiger charge is 2.06. The maximum absolute atomic E-state index is 13.3. The van der Waals surface area contributed by atoms with Gasteiger partial charge >= 0.3 is 0 Å². The molecule has 2 nitrogen and oxygen atoms in total. The fraction of sp³-hybridized carbons (Fsp3) is 0.143. The quantitative estimate of drug-likeness (QED) is 0.819. The Hall–Kier alpha value is -2.10. The minimum atomic E-state index is -0.864. The molecule has 18 heavy (non-hydrogen) atoms. The third kappa shape index (κ3) is 3.20. The average molecular weight is 249 g/mol. The molecule has 0 atom stereocenters. The van der Waals surface area contributed by atoms with Crippen LogP contribution in [0.5, 0.6) is 5.75 Å². The van der Waals surface area contributed by atoms with Crippen LogP contribution >= 0.6 is 0 Å². The van der Waals surface area contributed by atoms with Crippen LogP contribution in [0.15, 0.2) is 48.5 Å². The van der Waals surface area contributed by atoms with E-state index in [-0.39, 0.29) is 5.69 Å². The van der Waals surface area contributed by atoms with Crippen molar-refractivity contribution in [2.75, 3.05) is 18.5 Å². The number of hydrogen-bond donors (Lipinski definition) is 1. The molecule has 4 heteroatoms. The third-order valence-electron chi connectivity index (χ3n) is 2.38. The van der Waals surface area contributed by atoms with E-state index in [9.17, 15) is 8.78 Å². The summed E-state index contributed by atoms with van der Waals surface area (Å²) in [7, 11) is 0. The van der Waals surface area contributed by atoms with Gasteiger partial charge in [-0.25, -0.2) is 8.78 Å². The van der Waals surface area contributed by atoms with Crippen LogP contribution in [-0.4, -0.2) is 13.2 Å². The van der Waals surface area contributed by atoms with Crippen LogP contribution in [0.3, 0.4) is 0 Å². The second kappa shape index (κ2) is 6.00. The number of rotatable bonds is 5. The van der Waals surface area contributed by atoms with Gasteiger partial charge in [0.15, 0.2) is 11.6 Å². The Labute approximate surface area is 104 Å². The summed E-state index contributed by atoms with van der Waals surface area (Å²) >= 11 is 0. The number of para-hydroxylation sites is 1. The number of nitrogens with one attached hydrogen (secondary N) is 1. The van der Waals surface area contributed by atoms with E-state index in [0.717, 1.165) is 11.8 Å². The number of hydrogen-bond acceptors (Lipinski definition) is 2. The molecular weight excluding hydrogens is 236 g/mol. The monoisotopic (exact) mass is 249 g/mol. The van der Waals surface area contributed by atoms with Gasteiger partial charge in [-0.1, -0.05) is 24.3 Å². The van der Waals surface area contributed by atoms with Gasteiger partial charge in [0.25, 0.3) is 0 Å². The fourth-order valence-corrected chi connectivity index (χ4v) is 1.51. The number of anilines is 1. The predicted molar refractivity (Wildman–Crippen MR) is 66.8 cm³/mol. The van der Waals surface area contributed by atoms with Crippen molar-refractivity contribution in [1.82, 2.24) is 0 Å². The molecule has 0 saturated carbocycles. The first kappa shape index (κ1) is 12.4. The van der Waals surface area contributed by atoms with Gasteiger partial charge in [-0.05, 0) is 24.3 Å². The highest BCUT2D eigenvalue weighted by Crippen LogP contribution is 2.16. The second-order valence-corrected chi connectivity index (χ2v) is 3.69. The van der Waals surface area contributed by atoms with Crippen LogP contribution < -0.4 is 10.1 Å². The Bertz CT molecular complexity index is 502. The zero-order valence-electron chi connectivity index (χ0n) is 9.70. The van der Waals surface area contributed by atoms with E-state index in [1.54, 1.807) is 0 Å². The Morgan fingerprint density at radius 2 is 1.72 bits per heavy atom. The van der Waals surface area contributed by atoms with E-state index < -0.39 is 11.6 Å². The Kier molecular flexibility index (Phi) is 4.12. The molecule has 0 saturated heterocycles. The largest absolute Gasteiger partial charge is 0.492 e. The lowest BCUT2D eigenvalue weighted by atomic mass is 10.3. The van der Waals surface area contributed by atoms with Gasteiger partial charge < -0.3 is 10.1 Å². The van der Waals surface area contributed by atoms with Crippen molar-refractivity contribution < 1.29 is 13.5 Å². The van der Waals surface area contributed by atoms with E-state index in [2.05, 4.69) is 5.32 Å². The molecule has 2 aromatic carbocycles. The van der Waals surface area contributed by atoms with E-state index in [0.29, 0.717) is 13.2 Å². The molecule has 2 rings (SSSR count). The lowest BCUT2D eigenvalue weighted by Gasteiger charge is -2.09. The standard InChI is InChI=1S/C14H13F2NO/c15-12-7-4-8-13(14(12)16)17-9-10-18-11-5-2-1-3-6-11/h1-8,17H,9-10H2. The molecule has 0 radical (unpaired) electrons. The summed E-state index contributed by atoms with van der Waals surface area (Å²) in [4.78, 5) is 0. The molecule has 0 spiro atoms. The normalized spacial score (nSPS) is 10.1. The Morgan fingerprint density at radius 1 is 0.944 bits per heavy atom. The summed E-state index contributed by atoms with van der Waals surface area (Å²) in [6.45, 7) is 0.773. The van der Waals surface area contributed by atoms with Crippen LogP contribution in [0, 0.1) is 11.6 Å². The first-order chi connectivity index (χ1) is 8.77. The SMILES string of the molecule is Fc1cccc(NCCOc2ccccc2)c1F. The third-order valence-corrected chi connectivity index (χ3v) is 2.38. The number of ether oxygens (including phenoxy) is 1. The molecule has 0 aliphatic carbocycles. The number of benzene rings is 2. The van der Waals surface area contributed by atoms with Gasteiger partial charge in [0, 0.05) is 6.54 Å². The van der Waals surface area contributed by atoms with Crippen LogP contribution in [0.4, 0.5) is 14.5 Å². The summed E-state index contributed by atoms with van der Waals surface area (Å²) in [6, 6.07) is 13.3. The van der Waals surface area contributed by atoms with Gasteiger partial charge in [0.05, 0.1) is 5.69 Å². The van der Waals surface area contributed by atoms with E-state index in [1.165, 1.54) is 12.1 Å². The molecule has 0 bridgehead atoms. The second-order valence-electron chi connectivity index (χ2n) is 3.69. The topological polar surface area (TPSA) is 21.3 Å². The van der Waals surface area contributed by atoms with Crippen LogP contribution in [0.1, 0.15) is 0 Å². The lowest BCUT2D eigenvalue weighted by molar-refractivity contribution is 0.332. The molecule has 1 N–H and O–H groups in total. The molecule has 0 aromatic heterocycles. The molecule has 94 valence electrons. The molecule has 0 amide bonds. The minimum Gasteiger partial charge on any atom is -0.492 e. The molecule has 0 aliphatic rings. The molecule has 0 heterocycles. The van der Waals surface area contributed by atoms with Crippen molar-refractivity contribution in [1.29, 1.82) is 0 Å². The number of halogens is 2. The van der Waals surface area contributed by atoms with Crippen molar-refractivity contribution in [3.63, 3.8) is 0 Å². The predicted octanol–water partition coefficient (Wildman–Crippen LogP) is 3.46. The molecule has 0 unspecified atom stereocenters. The zero-order valence-corrected chi connectivity index (χ0v) is 9.70. The summed E-state index contributed by atoms with van der Waals surface area (Å²) in [5.74, 6) is -0.972. The maximum Gasteiger partial charge on any atom is 0.181 e. The van der Waals surface area contributed by atoms with Gasteiger partial charge in [-0.3, -0.25) is 0 Å². The van der Waals surface area contributed by atoms with Gasteiger partial charge in [-0.15, -0.1) is 0 Å². The summed E-state index contributed by atoms with van der Waals surface area (Å²) in [5, 5.41) is 2.78. The van der Waals surface area contributed by atoms with Gasteiger partial charge in [-0.2, -0.15) is 0 Å². The van der Waals surface area contributed by atoms with Gasteiger partial charge in [0.2, 0.25) is 0 Å². The Morgan fingerprint density at radius 3 is 2.50 bits per heavy atom. The van der Waals surface area contributed by atoms with Crippen molar-refractivity contribution in [3.8, 4) is 5.75 Å². The molecule has 2 aromatic rings. The fourth-order valence-electron chi connectivity index (χ4n) is 1.51. The summed E-state index contributed by atoms with van der Waals surface area (Å²) < 4.78 is 31.6. The summed E-state index contributed by atoms with van der Waals surface area (Å²) in [6.07, 6.45) is 0. The van der Waals surface area contributed by atoms with Crippen LogP contribution in [-0.2, 0) is 0 Å². The van der Waals surface area contributed by atoms with Crippen molar-refractivity contribution in [3.05, 3.63) is 60.2 Å². The minimum absolute atomic E-state index is 0.145. The van der Waals surface area contributed by atoms with Gasteiger partial charge in [0.1, 0.15) is 12.4 Å².